The van der Waals surface area contributed by atoms with Crippen LogP contribution in [0, 0.1) is 50.2 Å². The van der Waals surface area contributed by atoms with Crippen molar-refractivity contribution in [1.29, 1.82) is 0 Å². The van der Waals surface area contributed by atoms with E-state index in [2.05, 4.69) is 40.7 Å². The van der Waals surface area contributed by atoms with Crippen molar-refractivity contribution in [1.82, 2.24) is 0 Å². The van der Waals surface area contributed by atoms with E-state index >= 15 is 0 Å². The summed E-state index contributed by atoms with van der Waals surface area (Å²) in [6.45, 7) is 13.6. The van der Waals surface area contributed by atoms with Crippen molar-refractivity contribution in [3.63, 3.8) is 0 Å². The van der Waals surface area contributed by atoms with Crippen molar-refractivity contribution in [2.24, 2.45) is 50.2 Å². The fourth-order valence-electron chi connectivity index (χ4n) is 13.4. The zero-order chi connectivity index (χ0) is 40.4. The topological polar surface area (TPSA) is 236 Å². The third kappa shape index (κ3) is 6.05. The Morgan fingerprint density at radius 1 is 0.800 bits per heavy atom. The van der Waals surface area contributed by atoms with Crippen LogP contribution in [0.1, 0.15) is 99.8 Å². The minimum absolute atomic E-state index is 0.00685. The molecule has 5 aliphatic carbocycles. The monoisotopic (exact) mass is 782 g/mol. The van der Waals surface area contributed by atoms with Crippen LogP contribution in [0.3, 0.4) is 0 Å². The Morgan fingerprint density at radius 2 is 1.47 bits per heavy atom. The van der Waals surface area contributed by atoms with Crippen LogP contribution in [-0.2, 0) is 23.7 Å². The first-order valence-corrected chi connectivity index (χ1v) is 20.4. The van der Waals surface area contributed by atoms with Gasteiger partial charge in [-0.15, -0.1) is 0 Å². The van der Waals surface area contributed by atoms with E-state index in [1.165, 1.54) is 6.92 Å². The van der Waals surface area contributed by atoms with Crippen molar-refractivity contribution in [2.45, 2.75) is 173 Å². The molecule has 0 bridgehead atoms. The summed E-state index contributed by atoms with van der Waals surface area (Å²) >= 11 is 0. The maximum absolute atomic E-state index is 14.9. The van der Waals surface area contributed by atoms with E-state index in [-0.39, 0.29) is 30.5 Å². The van der Waals surface area contributed by atoms with Gasteiger partial charge in [0, 0.05) is 11.3 Å². The molecule has 9 N–H and O–H groups in total. The molecule has 314 valence electrons. The van der Waals surface area contributed by atoms with Gasteiger partial charge in [-0.3, -0.25) is 4.79 Å². The molecule has 0 amide bonds. The lowest BCUT2D eigenvalue weighted by Gasteiger charge is -2.72. The molecule has 7 rings (SSSR count). The Labute approximate surface area is 323 Å². The summed E-state index contributed by atoms with van der Waals surface area (Å²) in [4.78, 5) is 14.9. The van der Waals surface area contributed by atoms with E-state index in [1.807, 2.05) is 0 Å². The number of allylic oxidation sites excluding steroid dienone is 2. The van der Waals surface area contributed by atoms with Gasteiger partial charge in [0.05, 0.1) is 43.0 Å². The van der Waals surface area contributed by atoms with E-state index in [0.29, 0.717) is 44.9 Å². The molecule has 0 aromatic heterocycles. The van der Waals surface area contributed by atoms with Gasteiger partial charge in [-0.05, 0) is 91.8 Å². The number of carbonyl (C=O) groups excluding carboxylic acids is 1. The van der Waals surface area contributed by atoms with Crippen LogP contribution >= 0.6 is 0 Å². The van der Waals surface area contributed by atoms with E-state index in [0.717, 1.165) is 12.0 Å². The quantitative estimate of drug-likeness (QED) is 0.139. The number of fused-ring (bicyclic) bond motifs is 7. The predicted molar refractivity (Wildman–Crippen MR) is 194 cm³/mol. The van der Waals surface area contributed by atoms with Crippen LogP contribution in [0.2, 0.25) is 0 Å². The molecule has 14 heteroatoms. The average molecular weight is 783 g/mol. The summed E-state index contributed by atoms with van der Waals surface area (Å²) < 4.78 is 23.5. The predicted octanol–water partition coefficient (Wildman–Crippen LogP) is 0.897. The van der Waals surface area contributed by atoms with Crippen molar-refractivity contribution < 1.29 is 69.7 Å². The molecule has 2 aliphatic heterocycles. The fraction of sp³-hybridized carbons (Fsp3) is 0.927. The van der Waals surface area contributed by atoms with Crippen molar-refractivity contribution in [3.8, 4) is 0 Å². The fourth-order valence-corrected chi connectivity index (χ4v) is 13.4. The zero-order valence-electron chi connectivity index (χ0n) is 33.4. The third-order valence-corrected chi connectivity index (χ3v) is 16.8. The van der Waals surface area contributed by atoms with Gasteiger partial charge in [-0.2, -0.15) is 0 Å². The summed E-state index contributed by atoms with van der Waals surface area (Å²) in [7, 11) is 0. The van der Waals surface area contributed by atoms with Crippen LogP contribution in [-0.4, -0.2) is 139 Å². The Hall–Kier alpha value is -1.27. The lowest BCUT2D eigenvalue weighted by atomic mass is 9.33. The first kappa shape index (κ1) is 41.9. The van der Waals surface area contributed by atoms with Crippen LogP contribution < -0.4 is 0 Å². The maximum Gasteiger partial charge on any atom is 0.315 e. The van der Waals surface area contributed by atoms with Gasteiger partial charge < -0.3 is 64.9 Å². The minimum atomic E-state index is -1.70. The highest BCUT2D eigenvalue weighted by atomic mass is 16.8. The van der Waals surface area contributed by atoms with Crippen LogP contribution in [0.5, 0.6) is 0 Å². The second kappa shape index (κ2) is 13.9. The number of hydrogen-bond acceptors (Lipinski definition) is 14. The minimum Gasteiger partial charge on any atom is -0.432 e. The van der Waals surface area contributed by atoms with E-state index in [9.17, 15) is 50.8 Å². The van der Waals surface area contributed by atoms with Gasteiger partial charge in [0.15, 0.2) is 12.4 Å². The normalized spacial score (nSPS) is 56.2. The molecule has 20 atom stereocenters. The van der Waals surface area contributed by atoms with E-state index < -0.39 is 113 Å². The molecule has 7 aliphatic rings. The Bertz CT molecular complexity index is 1510. The maximum atomic E-state index is 14.9. The van der Waals surface area contributed by atoms with E-state index in [4.69, 9.17) is 18.9 Å². The first-order chi connectivity index (χ1) is 25.5. The molecule has 4 saturated carbocycles. The van der Waals surface area contributed by atoms with Crippen LogP contribution in [0.15, 0.2) is 11.6 Å². The third-order valence-electron chi connectivity index (χ3n) is 16.8. The number of aliphatic hydroxyl groups excluding tert-OH is 9. The summed E-state index contributed by atoms with van der Waals surface area (Å²) in [5.41, 5.74) is -2.52. The Morgan fingerprint density at radius 3 is 2.15 bits per heavy atom. The number of rotatable bonds is 5. The van der Waals surface area contributed by atoms with E-state index in [1.54, 1.807) is 6.92 Å². The molecule has 0 spiro atoms. The molecule has 0 aromatic rings. The first-order valence-electron chi connectivity index (χ1n) is 20.4. The second-order valence-corrected chi connectivity index (χ2v) is 20.4. The lowest BCUT2D eigenvalue weighted by molar-refractivity contribution is -0.350. The Kier molecular flexibility index (Phi) is 10.6. The van der Waals surface area contributed by atoms with Gasteiger partial charge in [-0.1, -0.05) is 53.2 Å². The molecule has 2 saturated heterocycles. The average Bonchev–Trinajstić information content (AvgIpc) is 3.11. The largest absolute Gasteiger partial charge is 0.432 e. The number of carbonyl (C=O) groups is 1. The van der Waals surface area contributed by atoms with Crippen LogP contribution in [0.4, 0.5) is 0 Å². The zero-order valence-corrected chi connectivity index (χ0v) is 33.4. The number of ether oxygens (including phenoxy) is 4. The van der Waals surface area contributed by atoms with Gasteiger partial charge in [-0.25, -0.2) is 0 Å². The molecular formula is C41H66O14. The molecule has 14 nitrogen and oxygen atoms in total. The van der Waals surface area contributed by atoms with Crippen molar-refractivity contribution in [3.05, 3.63) is 11.6 Å². The van der Waals surface area contributed by atoms with Crippen molar-refractivity contribution in [2.75, 3.05) is 13.2 Å². The van der Waals surface area contributed by atoms with Gasteiger partial charge in [0.1, 0.15) is 30.5 Å². The highest BCUT2D eigenvalue weighted by Crippen LogP contribution is 2.76. The summed E-state index contributed by atoms with van der Waals surface area (Å²) in [6.07, 6.45) is -9.46. The van der Waals surface area contributed by atoms with Gasteiger partial charge >= 0.3 is 5.97 Å². The molecule has 55 heavy (non-hydrogen) atoms. The smallest absolute Gasteiger partial charge is 0.315 e. The molecule has 0 radical (unpaired) electrons. The van der Waals surface area contributed by atoms with Gasteiger partial charge in [0.25, 0.3) is 0 Å². The van der Waals surface area contributed by atoms with Crippen molar-refractivity contribution >= 4 is 5.97 Å². The summed E-state index contributed by atoms with van der Waals surface area (Å²) in [5, 5.41) is 98.0. The standard InChI is InChI=1S/C41H66O14/c1-19-26(46)28(48)29(49)33(53-19)54-30-27(47)24(45)17-52-34(30)55-35(51)41-12-10-36(2,3)14-21(41)20-8-9-25-37(4)15-23(44)32(50)38(5,18-42)31(37)22(43)16-40(25,7)39(20,6)11-13-41/h8,19,21-34,42-50H,9-18H2,1-7H3/t19-,21-,22+,23-,24-,25+,26-,27-,28+,29+,30+,31+,32-,33+,34-,37+,38-,39+,40+,41-/m0/s1. The van der Waals surface area contributed by atoms with Gasteiger partial charge in [0.2, 0.25) is 6.29 Å². The number of esters is 1. The molecule has 0 aromatic carbocycles. The Balaban J connectivity index is 1.21. The summed E-state index contributed by atoms with van der Waals surface area (Å²) in [6, 6.07) is 0. The SMILES string of the molecule is C[C@@H]1O[C@H](O[C@H]2[C@H](OC(=O)[C@]34CCC(C)(C)C[C@H]3C3=CC[C@@H]5[C@@]6(C)C[C@H](O)[C@H](O)[C@@](C)(CO)[C@@H]6[C@H](O)C[C@@]5(C)[C@]3(C)CC4)OC[C@H](O)[C@@H]2O)[C@H](O)[C@H](O)[C@H]1O. The second-order valence-electron chi connectivity index (χ2n) is 20.4. The lowest BCUT2D eigenvalue weighted by Crippen LogP contribution is -2.71. The highest BCUT2D eigenvalue weighted by molar-refractivity contribution is 5.79. The number of aliphatic hydroxyl groups is 9. The molecule has 2 heterocycles. The highest BCUT2D eigenvalue weighted by Gasteiger charge is 2.72. The molecule has 6 fully saturated rings. The summed E-state index contributed by atoms with van der Waals surface area (Å²) in [5.74, 6) is -1.18. The van der Waals surface area contributed by atoms with Crippen LogP contribution in [0.25, 0.3) is 0 Å². The molecule has 0 unspecified atom stereocenters. The number of hydrogen-bond donors (Lipinski definition) is 9. The molecular weight excluding hydrogens is 716 g/mol.